The number of furan rings is 1. The molecule has 0 aliphatic rings. The van der Waals surface area contributed by atoms with Crippen molar-refractivity contribution in [3.05, 3.63) is 187 Å². The molecule has 11 aromatic rings. The molecule has 0 amide bonds. The van der Waals surface area contributed by atoms with Crippen LogP contribution in [0, 0.1) is 6.57 Å². The van der Waals surface area contributed by atoms with Crippen LogP contribution in [0.4, 0.5) is 5.69 Å². The van der Waals surface area contributed by atoms with E-state index in [1.165, 1.54) is 49.3 Å². The van der Waals surface area contributed by atoms with E-state index in [2.05, 4.69) is 172 Å². The fourth-order valence-electron chi connectivity index (χ4n) is 8.33. The van der Waals surface area contributed by atoms with E-state index in [9.17, 15) is 0 Å². The van der Waals surface area contributed by atoms with Gasteiger partial charge in [0.15, 0.2) is 5.58 Å². The van der Waals surface area contributed by atoms with Gasteiger partial charge in [-0.2, -0.15) is 0 Å². The van der Waals surface area contributed by atoms with Crippen molar-refractivity contribution in [2.75, 3.05) is 0 Å². The van der Waals surface area contributed by atoms with Crippen molar-refractivity contribution >= 4 is 71.2 Å². The molecule has 0 N–H and O–H groups in total. The summed E-state index contributed by atoms with van der Waals surface area (Å²) in [6.45, 7) is 7.70. The van der Waals surface area contributed by atoms with E-state index in [0.29, 0.717) is 11.3 Å². The largest absolute Gasteiger partial charge is 0.465 e. The SMILES string of the molecule is [C-]#[N+]c1cccc2c1oc1c(-n3c4ccccc4c4cc(-c5ccc(-c6ccc7c(c6)c6ccccc6n7-c6ccccc6)cc5)ccc43)cccc12. The zero-order valence-electron chi connectivity index (χ0n) is 28.5. The van der Waals surface area contributed by atoms with Crippen LogP contribution >= 0.6 is 0 Å². The van der Waals surface area contributed by atoms with Gasteiger partial charge < -0.3 is 13.6 Å². The van der Waals surface area contributed by atoms with Gasteiger partial charge in [0.05, 0.1) is 34.3 Å². The average Bonchev–Trinajstić information content (AvgIpc) is 3.89. The number of para-hydroxylation sites is 5. The molecule has 0 saturated heterocycles. The lowest BCUT2D eigenvalue weighted by molar-refractivity contribution is 0.668. The molecule has 0 fully saturated rings. The normalized spacial score (nSPS) is 11.8. The highest BCUT2D eigenvalue weighted by atomic mass is 16.3. The monoisotopic (exact) mass is 675 g/mol. The lowest BCUT2D eigenvalue weighted by atomic mass is 9.98. The number of rotatable bonds is 4. The number of benzene rings is 8. The molecule has 0 bridgehead atoms. The van der Waals surface area contributed by atoms with Crippen molar-refractivity contribution in [2.45, 2.75) is 0 Å². The summed E-state index contributed by atoms with van der Waals surface area (Å²) < 4.78 is 11.1. The zero-order valence-corrected chi connectivity index (χ0v) is 28.5. The van der Waals surface area contributed by atoms with Crippen LogP contribution in [0.25, 0.3) is 104 Å². The first-order valence-corrected chi connectivity index (χ1v) is 17.8. The highest BCUT2D eigenvalue weighted by Gasteiger charge is 2.19. The Morgan fingerprint density at radius 2 is 0.868 bits per heavy atom. The minimum atomic E-state index is 0.527. The van der Waals surface area contributed by atoms with Crippen molar-refractivity contribution < 1.29 is 4.42 Å². The minimum absolute atomic E-state index is 0.527. The molecule has 4 heteroatoms. The highest BCUT2D eigenvalue weighted by molar-refractivity contribution is 6.15. The fourth-order valence-corrected chi connectivity index (χ4v) is 8.33. The van der Waals surface area contributed by atoms with Crippen LogP contribution in [0.2, 0.25) is 0 Å². The van der Waals surface area contributed by atoms with Crippen molar-refractivity contribution in [3.8, 4) is 33.6 Å². The maximum Gasteiger partial charge on any atom is 0.229 e. The van der Waals surface area contributed by atoms with Crippen LogP contribution in [0.1, 0.15) is 0 Å². The molecule has 4 nitrogen and oxygen atoms in total. The third kappa shape index (κ3) is 4.35. The van der Waals surface area contributed by atoms with Gasteiger partial charge in [-0.3, -0.25) is 0 Å². The minimum Gasteiger partial charge on any atom is -0.465 e. The molecule has 0 spiro atoms. The summed E-state index contributed by atoms with van der Waals surface area (Å²) in [5.74, 6) is 0. The first-order valence-electron chi connectivity index (χ1n) is 17.8. The Morgan fingerprint density at radius 3 is 1.51 bits per heavy atom. The van der Waals surface area contributed by atoms with E-state index in [0.717, 1.165) is 44.3 Å². The Hall–Kier alpha value is -7.35. The molecule has 3 heterocycles. The molecule has 0 aliphatic heterocycles. The molecular weight excluding hydrogens is 647 g/mol. The van der Waals surface area contributed by atoms with Gasteiger partial charge in [-0.05, 0) is 76.9 Å². The van der Waals surface area contributed by atoms with E-state index in [1.807, 2.05) is 18.2 Å². The maximum atomic E-state index is 7.70. The molecular formula is C49H29N3O. The van der Waals surface area contributed by atoms with Gasteiger partial charge in [-0.1, -0.05) is 121 Å². The Balaban J connectivity index is 1.01. The summed E-state index contributed by atoms with van der Waals surface area (Å²) in [5.41, 5.74) is 13.4. The molecule has 11 rings (SSSR count). The molecule has 0 atom stereocenters. The lowest BCUT2D eigenvalue weighted by Gasteiger charge is -2.10. The second kappa shape index (κ2) is 11.3. The second-order valence-corrected chi connectivity index (χ2v) is 13.6. The number of hydrogen-bond donors (Lipinski definition) is 0. The number of aromatic nitrogens is 2. The summed E-state index contributed by atoms with van der Waals surface area (Å²) >= 11 is 0. The van der Waals surface area contributed by atoms with Crippen molar-refractivity contribution in [1.29, 1.82) is 0 Å². The molecule has 0 radical (unpaired) electrons. The third-order valence-corrected chi connectivity index (χ3v) is 10.8. The summed E-state index contributed by atoms with van der Waals surface area (Å²) in [5, 5.41) is 6.82. The van der Waals surface area contributed by atoms with Crippen molar-refractivity contribution in [2.24, 2.45) is 0 Å². The van der Waals surface area contributed by atoms with Gasteiger partial charge in [0.1, 0.15) is 5.58 Å². The molecule has 53 heavy (non-hydrogen) atoms. The second-order valence-electron chi connectivity index (χ2n) is 13.6. The van der Waals surface area contributed by atoms with Gasteiger partial charge >= 0.3 is 0 Å². The Labute approximate surface area is 304 Å². The van der Waals surface area contributed by atoms with E-state index in [4.69, 9.17) is 11.0 Å². The Morgan fingerprint density at radius 1 is 0.377 bits per heavy atom. The van der Waals surface area contributed by atoms with Crippen LogP contribution in [-0.4, -0.2) is 9.13 Å². The summed E-state index contributed by atoms with van der Waals surface area (Å²) in [6.07, 6.45) is 0. The summed E-state index contributed by atoms with van der Waals surface area (Å²) in [4.78, 5) is 3.73. The first-order chi connectivity index (χ1) is 26.2. The van der Waals surface area contributed by atoms with Gasteiger partial charge in [0.2, 0.25) is 5.69 Å². The quantitative estimate of drug-likeness (QED) is 0.171. The molecule has 8 aromatic carbocycles. The first kappa shape index (κ1) is 29.4. The molecule has 246 valence electrons. The smallest absolute Gasteiger partial charge is 0.229 e. The van der Waals surface area contributed by atoms with Crippen LogP contribution in [0.5, 0.6) is 0 Å². The van der Waals surface area contributed by atoms with Gasteiger partial charge in [-0.15, -0.1) is 0 Å². The molecule has 0 unspecified atom stereocenters. The fraction of sp³-hybridized carbons (Fsp3) is 0. The highest BCUT2D eigenvalue weighted by Crippen LogP contribution is 2.41. The zero-order chi connectivity index (χ0) is 35.0. The Kier molecular flexibility index (Phi) is 6.28. The Bertz CT molecular complexity index is 3280. The average molecular weight is 676 g/mol. The van der Waals surface area contributed by atoms with E-state index < -0.39 is 0 Å². The third-order valence-electron chi connectivity index (χ3n) is 10.8. The molecule has 0 saturated carbocycles. The van der Waals surface area contributed by atoms with Crippen LogP contribution in [0.3, 0.4) is 0 Å². The van der Waals surface area contributed by atoms with E-state index >= 15 is 0 Å². The van der Waals surface area contributed by atoms with Crippen molar-refractivity contribution in [3.63, 3.8) is 0 Å². The van der Waals surface area contributed by atoms with Crippen LogP contribution in [0.15, 0.2) is 180 Å². The maximum absolute atomic E-state index is 7.70. The predicted octanol–water partition coefficient (Wildman–Crippen LogP) is 13.7. The van der Waals surface area contributed by atoms with Crippen LogP contribution < -0.4 is 0 Å². The topological polar surface area (TPSA) is 27.4 Å². The van der Waals surface area contributed by atoms with E-state index in [-0.39, 0.29) is 0 Å². The predicted molar refractivity (Wildman–Crippen MR) is 220 cm³/mol. The number of nitrogens with zero attached hydrogens (tertiary/aromatic N) is 3. The summed E-state index contributed by atoms with van der Waals surface area (Å²) in [7, 11) is 0. The number of hydrogen-bond acceptors (Lipinski definition) is 1. The van der Waals surface area contributed by atoms with Gasteiger partial charge in [0.25, 0.3) is 0 Å². The molecule has 3 aromatic heterocycles. The number of fused-ring (bicyclic) bond motifs is 9. The van der Waals surface area contributed by atoms with Crippen LogP contribution in [-0.2, 0) is 0 Å². The van der Waals surface area contributed by atoms with Gasteiger partial charge in [-0.25, -0.2) is 4.85 Å². The summed E-state index contributed by atoms with van der Waals surface area (Å²) in [6, 6.07) is 62.4. The van der Waals surface area contributed by atoms with Gasteiger partial charge in [0, 0.05) is 38.0 Å². The van der Waals surface area contributed by atoms with E-state index in [1.54, 1.807) is 0 Å². The lowest BCUT2D eigenvalue weighted by Crippen LogP contribution is -1.94. The standard InChI is InChI=1S/C49H29N3O/c1-50-42-17-9-15-38-39-16-10-20-47(49(39)53-48(38)42)52-44-19-8-6-14-37(44)41-30-34(26-28-46(41)52)32-23-21-31(22-24-32)33-25-27-45-40(29-33)36-13-5-7-18-43(36)51(45)35-11-3-2-4-12-35/h2-30H. The van der Waals surface area contributed by atoms with Crippen molar-refractivity contribution in [1.82, 2.24) is 9.13 Å². The molecule has 0 aliphatic carbocycles.